The number of aromatic nitrogens is 1. The van der Waals surface area contributed by atoms with E-state index in [0.717, 1.165) is 6.07 Å². The van der Waals surface area contributed by atoms with Gasteiger partial charge in [-0.25, -0.2) is 13.8 Å². The van der Waals surface area contributed by atoms with E-state index in [-0.39, 0.29) is 11.6 Å². The number of nitrogens with one attached hydrogen (secondary N) is 2. The van der Waals surface area contributed by atoms with Crippen LogP contribution in [0.1, 0.15) is 6.92 Å². The molecule has 0 saturated carbocycles. The third-order valence-corrected chi connectivity index (χ3v) is 3.01. The van der Waals surface area contributed by atoms with Gasteiger partial charge in [-0.05, 0) is 25.1 Å². The normalized spacial score (nSPS) is 10.4. The number of halogens is 4. The van der Waals surface area contributed by atoms with Crippen molar-refractivity contribution >= 4 is 40.5 Å². The monoisotopic (exact) mass is 317 g/mol. The lowest BCUT2D eigenvalue weighted by Crippen LogP contribution is -2.06. The SMILES string of the molecule is CCNc1nc(Nc2ccc(Cl)cc2Cl)c(F)cc1F. The van der Waals surface area contributed by atoms with Gasteiger partial charge in [0.25, 0.3) is 0 Å². The van der Waals surface area contributed by atoms with Gasteiger partial charge in [-0.15, -0.1) is 0 Å². The van der Waals surface area contributed by atoms with Crippen LogP contribution in [0.4, 0.5) is 26.1 Å². The summed E-state index contributed by atoms with van der Waals surface area (Å²) in [7, 11) is 0. The highest BCUT2D eigenvalue weighted by Crippen LogP contribution is 2.29. The van der Waals surface area contributed by atoms with Gasteiger partial charge < -0.3 is 10.6 Å². The summed E-state index contributed by atoms with van der Waals surface area (Å²) in [6.45, 7) is 2.25. The van der Waals surface area contributed by atoms with E-state index in [1.807, 2.05) is 0 Å². The fraction of sp³-hybridized carbons (Fsp3) is 0.154. The van der Waals surface area contributed by atoms with Crippen LogP contribution in [0.3, 0.4) is 0 Å². The Labute approximate surface area is 124 Å². The van der Waals surface area contributed by atoms with Crippen LogP contribution < -0.4 is 10.6 Å². The van der Waals surface area contributed by atoms with Gasteiger partial charge in [0.05, 0.1) is 10.7 Å². The Hall–Kier alpha value is -1.59. The molecular weight excluding hydrogens is 307 g/mol. The molecule has 1 aromatic carbocycles. The van der Waals surface area contributed by atoms with Crippen LogP contribution in [0.2, 0.25) is 10.0 Å². The lowest BCUT2D eigenvalue weighted by atomic mass is 10.3. The van der Waals surface area contributed by atoms with Gasteiger partial charge in [-0.2, -0.15) is 0 Å². The van der Waals surface area contributed by atoms with E-state index in [4.69, 9.17) is 23.2 Å². The molecule has 106 valence electrons. The van der Waals surface area contributed by atoms with Gasteiger partial charge >= 0.3 is 0 Å². The van der Waals surface area contributed by atoms with E-state index in [9.17, 15) is 8.78 Å². The summed E-state index contributed by atoms with van der Waals surface area (Å²) in [5.74, 6) is -1.71. The van der Waals surface area contributed by atoms with Gasteiger partial charge in [0.15, 0.2) is 23.3 Å². The minimum atomic E-state index is -0.810. The Morgan fingerprint density at radius 1 is 1.10 bits per heavy atom. The predicted octanol–water partition coefficient (Wildman–Crippen LogP) is 4.84. The largest absolute Gasteiger partial charge is 0.368 e. The van der Waals surface area contributed by atoms with Gasteiger partial charge in [-0.1, -0.05) is 23.2 Å². The van der Waals surface area contributed by atoms with Gasteiger partial charge in [-0.3, -0.25) is 0 Å². The van der Waals surface area contributed by atoms with Crippen molar-refractivity contribution in [2.75, 3.05) is 17.2 Å². The van der Waals surface area contributed by atoms with Crippen LogP contribution >= 0.6 is 23.2 Å². The second-order valence-corrected chi connectivity index (χ2v) is 4.77. The molecule has 7 heteroatoms. The van der Waals surface area contributed by atoms with Gasteiger partial charge in [0.2, 0.25) is 0 Å². The lowest BCUT2D eigenvalue weighted by molar-refractivity contribution is 0.579. The molecule has 0 fully saturated rings. The van der Waals surface area contributed by atoms with Crippen LogP contribution in [-0.4, -0.2) is 11.5 Å². The van der Waals surface area contributed by atoms with Gasteiger partial charge in [0, 0.05) is 17.6 Å². The lowest BCUT2D eigenvalue weighted by Gasteiger charge is -2.11. The number of pyridine rings is 1. The molecule has 0 unspecified atom stereocenters. The zero-order chi connectivity index (χ0) is 14.7. The molecule has 2 rings (SSSR count). The first-order chi connectivity index (χ1) is 9.51. The van der Waals surface area contributed by atoms with Crippen molar-refractivity contribution in [2.45, 2.75) is 6.92 Å². The molecule has 1 aromatic heterocycles. The Balaban J connectivity index is 2.35. The molecule has 0 aliphatic carbocycles. The van der Waals surface area contributed by atoms with Crippen LogP contribution in [0.15, 0.2) is 24.3 Å². The van der Waals surface area contributed by atoms with Crippen molar-refractivity contribution in [1.29, 1.82) is 0 Å². The second-order valence-electron chi connectivity index (χ2n) is 3.93. The molecule has 2 aromatic rings. The maximum atomic E-state index is 13.7. The molecule has 0 aliphatic rings. The van der Waals surface area contributed by atoms with Crippen molar-refractivity contribution in [3.63, 3.8) is 0 Å². The Morgan fingerprint density at radius 3 is 2.45 bits per heavy atom. The van der Waals surface area contributed by atoms with Crippen LogP contribution in [0.25, 0.3) is 0 Å². The standard InChI is InChI=1S/C13H11Cl2F2N3/c1-2-18-12-9(16)6-10(17)13(20-12)19-11-4-3-7(14)5-8(11)15/h3-6H,2H2,1H3,(H2,18,19,20). The first-order valence-electron chi connectivity index (χ1n) is 5.83. The minimum Gasteiger partial charge on any atom is -0.368 e. The summed E-state index contributed by atoms with van der Waals surface area (Å²) in [6.07, 6.45) is 0. The quantitative estimate of drug-likeness (QED) is 0.847. The molecule has 1 heterocycles. The average molecular weight is 318 g/mol. The zero-order valence-electron chi connectivity index (χ0n) is 10.5. The summed E-state index contributed by atoms with van der Waals surface area (Å²) in [6, 6.07) is 5.46. The summed E-state index contributed by atoms with van der Waals surface area (Å²) in [4.78, 5) is 3.86. The number of anilines is 3. The summed E-state index contributed by atoms with van der Waals surface area (Å²) >= 11 is 11.8. The number of hydrogen-bond donors (Lipinski definition) is 2. The second kappa shape index (κ2) is 6.24. The number of rotatable bonds is 4. The molecular formula is C13H11Cl2F2N3. The first-order valence-corrected chi connectivity index (χ1v) is 6.59. The molecule has 0 amide bonds. The summed E-state index contributed by atoms with van der Waals surface area (Å²) in [5, 5.41) is 6.19. The van der Waals surface area contributed by atoms with Crippen molar-refractivity contribution in [3.05, 3.63) is 45.9 Å². The molecule has 20 heavy (non-hydrogen) atoms. The van der Waals surface area contributed by atoms with Crippen molar-refractivity contribution in [3.8, 4) is 0 Å². The third kappa shape index (κ3) is 3.29. The number of nitrogens with zero attached hydrogens (tertiary/aromatic N) is 1. The van der Waals surface area contributed by atoms with E-state index in [1.54, 1.807) is 19.1 Å². The average Bonchev–Trinajstić information content (AvgIpc) is 2.38. The maximum Gasteiger partial charge on any atom is 0.169 e. The molecule has 0 atom stereocenters. The highest BCUT2D eigenvalue weighted by molar-refractivity contribution is 6.36. The maximum absolute atomic E-state index is 13.7. The van der Waals surface area contributed by atoms with Crippen molar-refractivity contribution < 1.29 is 8.78 Å². The highest BCUT2D eigenvalue weighted by Gasteiger charge is 2.12. The smallest absolute Gasteiger partial charge is 0.169 e. The van der Waals surface area contributed by atoms with E-state index in [2.05, 4.69) is 15.6 Å². The van der Waals surface area contributed by atoms with Crippen LogP contribution in [-0.2, 0) is 0 Å². The first kappa shape index (κ1) is 14.8. The van der Waals surface area contributed by atoms with Crippen molar-refractivity contribution in [1.82, 2.24) is 4.98 Å². The van der Waals surface area contributed by atoms with Crippen molar-refractivity contribution in [2.24, 2.45) is 0 Å². The molecule has 0 saturated heterocycles. The Bertz CT molecular complexity index is 635. The third-order valence-electron chi connectivity index (χ3n) is 2.46. The van der Waals surface area contributed by atoms with E-state index in [0.29, 0.717) is 22.3 Å². The van der Waals surface area contributed by atoms with Crippen LogP contribution in [0.5, 0.6) is 0 Å². The zero-order valence-corrected chi connectivity index (χ0v) is 12.0. The Morgan fingerprint density at radius 2 is 1.80 bits per heavy atom. The Kier molecular flexibility index (Phi) is 4.62. The fourth-order valence-electron chi connectivity index (χ4n) is 1.56. The van der Waals surface area contributed by atoms with E-state index in [1.165, 1.54) is 6.07 Å². The molecule has 0 radical (unpaired) electrons. The number of hydrogen-bond acceptors (Lipinski definition) is 3. The molecule has 0 aliphatic heterocycles. The van der Waals surface area contributed by atoms with E-state index >= 15 is 0 Å². The fourth-order valence-corrected chi connectivity index (χ4v) is 2.02. The highest BCUT2D eigenvalue weighted by atomic mass is 35.5. The molecule has 0 spiro atoms. The van der Waals surface area contributed by atoms with Crippen LogP contribution in [0, 0.1) is 11.6 Å². The molecule has 2 N–H and O–H groups in total. The van der Waals surface area contributed by atoms with E-state index < -0.39 is 11.6 Å². The molecule has 0 bridgehead atoms. The summed E-state index contributed by atoms with van der Waals surface area (Å²) < 4.78 is 27.2. The molecule has 3 nitrogen and oxygen atoms in total. The van der Waals surface area contributed by atoms with Gasteiger partial charge in [0.1, 0.15) is 0 Å². The minimum absolute atomic E-state index is 0.0264. The topological polar surface area (TPSA) is 37.0 Å². The summed E-state index contributed by atoms with van der Waals surface area (Å²) in [5.41, 5.74) is 0.427. The number of benzene rings is 1. The predicted molar refractivity (Wildman–Crippen MR) is 78.1 cm³/mol.